The van der Waals surface area contributed by atoms with E-state index in [1.807, 2.05) is 6.07 Å². The maximum absolute atomic E-state index is 12.7. The summed E-state index contributed by atoms with van der Waals surface area (Å²) in [7, 11) is 1.73. The molecule has 1 amide bonds. The molecule has 6 heteroatoms. The van der Waals surface area contributed by atoms with Crippen molar-refractivity contribution >= 4 is 33.2 Å². The molecule has 1 aromatic heterocycles. The van der Waals surface area contributed by atoms with Crippen LogP contribution in [-0.2, 0) is 0 Å². The van der Waals surface area contributed by atoms with Crippen molar-refractivity contribution in [3.05, 3.63) is 50.9 Å². The molecule has 0 unspecified atom stereocenters. The summed E-state index contributed by atoms with van der Waals surface area (Å²) in [5.74, 6) is 0.252. The Morgan fingerprint density at radius 3 is 2.60 bits per heavy atom. The molecule has 0 saturated carbocycles. The first-order valence-corrected chi connectivity index (χ1v) is 7.56. The van der Waals surface area contributed by atoms with Crippen LogP contribution in [0, 0.1) is 5.82 Å². The summed E-state index contributed by atoms with van der Waals surface area (Å²) < 4.78 is 19.1. The van der Waals surface area contributed by atoms with Crippen LogP contribution in [0.4, 0.5) is 4.39 Å². The molecule has 0 atom stereocenters. The minimum atomic E-state index is -0.298. The van der Waals surface area contributed by atoms with Gasteiger partial charge in [0.1, 0.15) is 18.2 Å². The number of ether oxygens (including phenoxy) is 1. The van der Waals surface area contributed by atoms with Crippen LogP contribution in [0.2, 0.25) is 0 Å². The van der Waals surface area contributed by atoms with Gasteiger partial charge < -0.3 is 9.64 Å². The Hall–Kier alpha value is -1.40. The van der Waals surface area contributed by atoms with Crippen molar-refractivity contribution in [1.82, 2.24) is 4.90 Å². The molecule has 1 heterocycles. The molecule has 2 rings (SSSR count). The van der Waals surface area contributed by atoms with E-state index in [2.05, 4.69) is 15.9 Å². The molecule has 0 fully saturated rings. The molecule has 20 heavy (non-hydrogen) atoms. The van der Waals surface area contributed by atoms with Crippen molar-refractivity contribution in [2.45, 2.75) is 0 Å². The third kappa shape index (κ3) is 4.05. The zero-order valence-electron chi connectivity index (χ0n) is 10.8. The second kappa shape index (κ2) is 6.85. The van der Waals surface area contributed by atoms with Gasteiger partial charge in [-0.3, -0.25) is 4.79 Å². The second-order valence-corrected chi connectivity index (χ2v) is 6.60. The Bertz CT molecular complexity index is 585. The number of likely N-dealkylation sites (N-methyl/N-ethyl adjacent to an activating group) is 1. The zero-order chi connectivity index (χ0) is 14.5. The summed E-state index contributed by atoms with van der Waals surface area (Å²) in [5.41, 5.74) is 0. The van der Waals surface area contributed by atoms with Crippen molar-refractivity contribution in [2.75, 3.05) is 20.2 Å². The maximum Gasteiger partial charge on any atom is 0.263 e. The second-order valence-electron chi connectivity index (χ2n) is 4.13. The summed E-state index contributed by atoms with van der Waals surface area (Å²) >= 11 is 4.73. The van der Waals surface area contributed by atoms with E-state index in [1.54, 1.807) is 30.1 Å². The van der Waals surface area contributed by atoms with Crippen LogP contribution in [-0.4, -0.2) is 31.0 Å². The number of nitrogens with zero attached hydrogens (tertiary/aromatic N) is 1. The Kier molecular flexibility index (Phi) is 5.14. The van der Waals surface area contributed by atoms with E-state index in [4.69, 9.17) is 4.74 Å². The third-order valence-corrected chi connectivity index (χ3v) is 4.25. The lowest BCUT2D eigenvalue weighted by Crippen LogP contribution is -2.30. The number of hydrogen-bond donors (Lipinski definition) is 0. The van der Waals surface area contributed by atoms with E-state index < -0.39 is 0 Å². The van der Waals surface area contributed by atoms with Crippen molar-refractivity contribution in [1.29, 1.82) is 0 Å². The van der Waals surface area contributed by atoms with Gasteiger partial charge in [0.2, 0.25) is 0 Å². The van der Waals surface area contributed by atoms with Gasteiger partial charge in [-0.25, -0.2) is 4.39 Å². The van der Waals surface area contributed by atoms with Gasteiger partial charge in [0.15, 0.2) is 0 Å². The molecule has 0 aliphatic rings. The van der Waals surface area contributed by atoms with E-state index in [-0.39, 0.29) is 11.7 Å². The zero-order valence-corrected chi connectivity index (χ0v) is 13.2. The summed E-state index contributed by atoms with van der Waals surface area (Å²) in [6, 6.07) is 9.44. The maximum atomic E-state index is 12.7. The molecule has 0 saturated heterocycles. The summed E-state index contributed by atoms with van der Waals surface area (Å²) in [5, 5.41) is 0. The Labute approximate surface area is 129 Å². The molecule has 0 N–H and O–H groups in total. The van der Waals surface area contributed by atoms with Gasteiger partial charge in [-0.1, -0.05) is 0 Å². The quantitative estimate of drug-likeness (QED) is 0.814. The predicted molar refractivity (Wildman–Crippen MR) is 80.9 cm³/mol. The number of carbonyl (C=O) groups is 1. The SMILES string of the molecule is CN(CCOc1ccc(F)cc1)C(=O)c1ccc(Br)s1. The number of thiophene rings is 1. The fraction of sp³-hybridized carbons (Fsp3) is 0.214. The summed E-state index contributed by atoms with van der Waals surface area (Å²) in [6.07, 6.45) is 0. The first-order valence-electron chi connectivity index (χ1n) is 5.95. The molecular weight excluding hydrogens is 345 g/mol. The molecule has 1 aromatic carbocycles. The third-order valence-electron chi connectivity index (χ3n) is 2.64. The van der Waals surface area contributed by atoms with E-state index >= 15 is 0 Å². The molecule has 0 aliphatic heterocycles. The van der Waals surface area contributed by atoms with Gasteiger partial charge >= 0.3 is 0 Å². The highest BCUT2D eigenvalue weighted by molar-refractivity contribution is 9.11. The number of rotatable bonds is 5. The lowest BCUT2D eigenvalue weighted by Gasteiger charge is -2.16. The van der Waals surface area contributed by atoms with Crippen LogP contribution < -0.4 is 4.74 Å². The highest BCUT2D eigenvalue weighted by Gasteiger charge is 2.13. The Morgan fingerprint density at radius 2 is 2.00 bits per heavy atom. The molecule has 3 nitrogen and oxygen atoms in total. The van der Waals surface area contributed by atoms with Gasteiger partial charge in [0, 0.05) is 7.05 Å². The normalized spacial score (nSPS) is 10.3. The summed E-state index contributed by atoms with van der Waals surface area (Å²) in [6.45, 7) is 0.826. The smallest absolute Gasteiger partial charge is 0.263 e. The van der Waals surface area contributed by atoms with Gasteiger partial charge in [-0.05, 0) is 52.3 Å². The van der Waals surface area contributed by atoms with Crippen molar-refractivity contribution in [3.8, 4) is 5.75 Å². The van der Waals surface area contributed by atoms with E-state index in [0.717, 1.165) is 3.79 Å². The molecule has 0 spiro atoms. The lowest BCUT2D eigenvalue weighted by atomic mass is 10.3. The molecular formula is C14H13BrFNO2S. The minimum absolute atomic E-state index is 0.0385. The number of hydrogen-bond acceptors (Lipinski definition) is 3. The largest absolute Gasteiger partial charge is 0.492 e. The van der Waals surface area contributed by atoms with E-state index in [1.165, 1.54) is 23.5 Å². The van der Waals surface area contributed by atoms with Crippen LogP contribution in [0.15, 0.2) is 40.2 Å². The summed E-state index contributed by atoms with van der Waals surface area (Å²) in [4.78, 5) is 14.3. The van der Waals surface area contributed by atoms with Crippen LogP contribution in [0.3, 0.4) is 0 Å². The van der Waals surface area contributed by atoms with Crippen LogP contribution in [0.1, 0.15) is 9.67 Å². The molecule has 0 radical (unpaired) electrons. The van der Waals surface area contributed by atoms with E-state index in [9.17, 15) is 9.18 Å². The predicted octanol–water partition coefficient (Wildman–Crippen LogP) is 3.80. The van der Waals surface area contributed by atoms with Crippen molar-refractivity contribution in [3.63, 3.8) is 0 Å². The van der Waals surface area contributed by atoms with Gasteiger partial charge in [-0.2, -0.15) is 0 Å². The average molecular weight is 358 g/mol. The highest BCUT2D eigenvalue weighted by Crippen LogP contribution is 2.23. The monoisotopic (exact) mass is 357 g/mol. The molecule has 0 bridgehead atoms. The minimum Gasteiger partial charge on any atom is -0.492 e. The number of amides is 1. The fourth-order valence-corrected chi connectivity index (χ4v) is 2.93. The highest BCUT2D eigenvalue weighted by atomic mass is 79.9. The van der Waals surface area contributed by atoms with Crippen LogP contribution in [0.5, 0.6) is 5.75 Å². The standard InChI is InChI=1S/C14H13BrFNO2S/c1-17(14(18)12-6-7-13(15)20-12)8-9-19-11-4-2-10(16)3-5-11/h2-7H,8-9H2,1H3. The first kappa shape index (κ1) is 15.0. The lowest BCUT2D eigenvalue weighted by molar-refractivity contribution is 0.0778. The molecule has 0 aliphatic carbocycles. The number of benzene rings is 1. The Morgan fingerprint density at radius 1 is 1.30 bits per heavy atom. The van der Waals surface area contributed by atoms with Crippen molar-refractivity contribution < 1.29 is 13.9 Å². The van der Waals surface area contributed by atoms with Gasteiger partial charge in [0.25, 0.3) is 5.91 Å². The fourth-order valence-electron chi connectivity index (χ4n) is 1.55. The van der Waals surface area contributed by atoms with Gasteiger partial charge in [-0.15, -0.1) is 11.3 Å². The Balaban J connectivity index is 1.81. The van der Waals surface area contributed by atoms with Crippen LogP contribution in [0.25, 0.3) is 0 Å². The van der Waals surface area contributed by atoms with Crippen molar-refractivity contribution in [2.24, 2.45) is 0 Å². The van der Waals surface area contributed by atoms with E-state index in [0.29, 0.717) is 23.8 Å². The number of carbonyl (C=O) groups excluding carboxylic acids is 1. The van der Waals surface area contributed by atoms with Gasteiger partial charge in [0.05, 0.1) is 15.2 Å². The topological polar surface area (TPSA) is 29.5 Å². The number of halogens is 2. The molecule has 106 valence electrons. The van der Waals surface area contributed by atoms with Crippen LogP contribution >= 0.6 is 27.3 Å². The first-order chi connectivity index (χ1) is 9.56. The molecule has 2 aromatic rings. The average Bonchev–Trinajstić information content (AvgIpc) is 2.86.